The minimum absolute atomic E-state index is 0.223. The summed E-state index contributed by atoms with van der Waals surface area (Å²) in [4.78, 5) is 0. The molecule has 2 N–H and O–H groups in total. The molecule has 0 unspecified atom stereocenters. The predicted octanol–water partition coefficient (Wildman–Crippen LogP) is 3.66. The van der Waals surface area contributed by atoms with Crippen molar-refractivity contribution in [1.29, 1.82) is 0 Å². The van der Waals surface area contributed by atoms with Crippen LogP contribution in [0.5, 0.6) is 5.75 Å². The van der Waals surface area contributed by atoms with Crippen LogP contribution in [-0.2, 0) is 0 Å². The number of ether oxygens (including phenoxy) is 1. The van der Waals surface area contributed by atoms with Gasteiger partial charge in [-0.15, -0.1) is 0 Å². The van der Waals surface area contributed by atoms with Crippen LogP contribution in [0.1, 0.15) is 32.1 Å². The lowest BCUT2D eigenvalue weighted by molar-refractivity contribution is 0.102. The lowest BCUT2D eigenvalue weighted by Gasteiger charge is -2.24. The fourth-order valence-corrected chi connectivity index (χ4v) is 2.91. The van der Waals surface area contributed by atoms with Crippen molar-refractivity contribution < 1.29 is 9.84 Å². The van der Waals surface area contributed by atoms with Gasteiger partial charge in [0.1, 0.15) is 18.5 Å². The third-order valence-electron chi connectivity index (χ3n) is 3.57. The Bertz CT molecular complexity index is 422. The van der Waals surface area contributed by atoms with Gasteiger partial charge in [0.05, 0.1) is 5.02 Å². The van der Waals surface area contributed by atoms with E-state index >= 15 is 0 Å². The van der Waals surface area contributed by atoms with Gasteiger partial charge >= 0.3 is 0 Å². The largest absolute Gasteiger partial charge is 0.489 e. The van der Waals surface area contributed by atoms with Crippen molar-refractivity contribution in [3.8, 4) is 5.75 Å². The zero-order valence-electron chi connectivity index (χ0n) is 11.4. The molecule has 0 bridgehead atoms. The van der Waals surface area contributed by atoms with Crippen LogP contribution >= 0.6 is 23.2 Å². The molecule has 1 aromatic carbocycles. The van der Waals surface area contributed by atoms with Crippen LogP contribution in [-0.4, -0.2) is 30.4 Å². The lowest BCUT2D eigenvalue weighted by Crippen LogP contribution is -2.38. The molecule has 5 heteroatoms. The van der Waals surface area contributed by atoms with Gasteiger partial charge in [0.25, 0.3) is 0 Å². The first-order chi connectivity index (χ1) is 9.65. The van der Waals surface area contributed by atoms with Crippen molar-refractivity contribution in [3.63, 3.8) is 0 Å². The molecule has 0 aromatic heterocycles. The Kier molecular flexibility index (Phi) is 6.43. The van der Waals surface area contributed by atoms with Crippen LogP contribution in [0.4, 0.5) is 0 Å². The molecule has 0 saturated heterocycles. The summed E-state index contributed by atoms with van der Waals surface area (Å²) in [5.74, 6) is 0.549. The van der Waals surface area contributed by atoms with E-state index < -0.39 is 6.10 Å². The van der Waals surface area contributed by atoms with E-state index in [0.29, 0.717) is 28.4 Å². The van der Waals surface area contributed by atoms with Crippen molar-refractivity contribution in [2.45, 2.75) is 44.2 Å². The highest BCUT2D eigenvalue weighted by atomic mass is 35.5. The molecular weight excluding hydrogens is 297 g/mol. The van der Waals surface area contributed by atoms with Crippen LogP contribution in [0.3, 0.4) is 0 Å². The van der Waals surface area contributed by atoms with Crippen molar-refractivity contribution in [2.75, 3.05) is 13.2 Å². The standard InChI is InChI=1S/C15H21Cl2NO2/c16-11-6-7-15(14(17)8-11)20-10-13(19)9-18-12-4-2-1-3-5-12/h6-8,12-13,18-19H,1-5,9-10H2/t13-/m0/s1. The van der Waals surface area contributed by atoms with Gasteiger partial charge in [-0.25, -0.2) is 0 Å². The molecular formula is C15H21Cl2NO2. The molecule has 0 heterocycles. The zero-order chi connectivity index (χ0) is 14.4. The molecule has 2 rings (SSSR count). The number of benzene rings is 1. The summed E-state index contributed by atoms with van der Waals surface area (Å²) in [6, 6.07) is 5.60. The highest BCUT2D eigenvalue weighted by Crippen LogP contribution is 2.27. The Morgan fingerprint density at radius 1 is 1.25 bits per heavy atom. The van der Waals surface area contributed by atoms with Crippen LogP contribution in [0.2, 0.25) is 10.0 Å². The number of nitrogens with one attached hydrogen (secondary N) is 1. The van der Waals surface area contributed by atoms with Crippen LogP contribution < -0.4 is 10.1 Å². The summed E-state index contributed by atoms with van der Waals surface area (Å²) < 4.78 is 5.51. The van der Waals surface area contributed by atoms with Gasteiger partial charge in [0.2, 0.25) is 0 Å². The molecule has 1 atom stereocenters. The molecule has 1 aliphatic rings. The van der Waals surface area contributed by atoms with E-state index in [1.54, 1.807) is 18.2 Å². The summed E-state index contributed by atoms with van der Waals surface area (Å²) in [6.07, 6.45) is 5.77. The summed E-state index contributed by atoms with van der Waals surface area (Å²) in [7, 11) is 0. The average molecular weight is 318 g/mol. The van der Waals surface area contributed by atoms with E-state index in [4.69, 9.17) is 27.9 Å². The third-order valence-corrected chi connectivity index (χ3v) is 4.10. The molecule has 0 spiro atoms. The maximum Gasteiger partial charge on any atom is 0.138 e. The predicted molar refractivity (Wildman–Crippen MR) is 82.8 cm³/mol. The monoisotopic (exact) mass is 317 g/mol. The van der Waals surface area contributed by atoms with E-state index in [1.807, 2.05) is 0 Å². The van der Waals surface area contributed by atoms with Gasteiger partial charge in [0, 0.05) is 17.6 Å². The Labute approximate surface area is 130 Å². The second-order valence-corrected chi connectivity index (χ2v) is 6.13. The van der Waals surface area contributed by atoms with Gasteiger partial charge < -0.3 is 15.2 Å². The van der Waals surface area contributed by atoms with Gasteiger partial charge in [-0.3, -0.25) is 0 Å². The second-order valence-electron chi connectivity index (χ2n) is 5.28. The van der Waals surface area contributed by atoms with E-state index in [9.17, 15) is 5.11 Å². The maximum absolute atomic E-state index is 9.93. The van der Waals surface area contributed by atoms with Gasteiger partial charge in [-0.1, -0.05) is 42.5 Å². The molecule has 0 radical (unpaired) electrons. The number of rotatable bonds is 6. The molecule has 20 heavy (non-hydrogen) atoms. The molecule has 0 aliphatic heterocycles. The van der Waals surface area contributed by atoms with Crippen molar-refractivity contribution in [3.05, 3.63) is 28.2 Å². The van der Waals surface area contributed by atoms with Gasteiger partial charge in [-0.05, 0) is 31.0 Å². The number of hydrogen-bond donors (Lipinski definition) is 2. The highest BCUT2D eigenvalue weighted by Gasteiger charge is 2.14. The quantitative estimate of drug-likeness (QED) is 0.841. The first kappa shape index (κ1) is 15.9. The Balaban J connectivity index is 1.70. The van der Waals surface area contributed by atoms with E-state index in [1.165, 1.54) is 32.1 Å². The number of halogens is 2. The Morgan fingerprint density at radius 2 is 2.00 bits per heavy atom. The first-order valence-electron chi connectivity index (χ1n) is 7.14. The van der Waals surface area contributed by atoms with E-state index in [-0.39, 0.29) is 6.61 Å². The molecule has 1 saturated carbocycles. The van der Waals surface area contributed by atoms with Crippen molar-refractivity contribution >= 4 is 23.2 Å². The molecule has 3 nitrogen and oxygen atoms in total. The first-order valence-corrected chi connectivity index (χ1v) is 7.90. The van der Waals surface area contributed by atoms with Crippen molar-refractivity contribution in [1.82, 2.24) is 5.32 Å². The van der Waals surface area contributed by atoms with E-state index in [2.05, 4.69) is 5.32 Å². The number of aliphatic hydroxyl groups is 1. The third kappa shape index (κ3) is 5.13. The normalized spacial score (nSPS) is 17.9. The Hall–Kier alpha value is -0.480. The SMILES string of the molecule is O[C@@H](CNC1CCCCC1)COc1ccc(Cl)cc1Cl. The number of hydrogen-bond acceptors (Lipinski definition) is 3. The molecule has 1 aromatic rings. The summed E-state index contributed by atoms with van der Waals surface area (Å²) in [5.41, 5.74) is 0. The van der Waals surface area contributed by atoms with E-state index in [0.717, 1.165) is 0 Å². The molecule has 1 fully saturated rings. The van der Waals surface area contributed by atoms with Crippen LogP contribution in [0, 0.1) is 0 Å². The average Bonchev–Trinajstić information content (AvgIpc) is 2.45. The molecule has 1 aliphatic carbocycles. The highest BCUT2D eigenvalue weighted by molar-refractivity contribution is 6.35. The Morgan fingerprint density at radius 3 is 2.70 bits per heavy atom. The minimum Gasteiger partial charge on any atom is -0.489 e. The molecule has 112 valence electrons. The topological polar surface area (TPSA) is 41.5 Å². The summed E-state index contributed by atoms with van der Waals surface area (Å²) >= 11 is 11.8. The minimum atomic E-state index is -0.538. The fraction of sp³-hybridized carbons (Fsp3) is 0.600. The van der Waals surface area contributed by atoms with Gasteiger partial charge in [-0.2, -0.15) is 0 Å². The van der Waals surface area contributed by atoms with Crippen LogP contribution in [0.15, 0.2) is 18.2 Å². The smallest absolute Gasteiger partial charge is 0.138 e. The zero-order valence-corrected chi connectivity index (χ0v) is 13.0. The van der Waals surface area contributed by atoms with Gasteiger partial charge in [0.15, 0.2) is 0 Å². The summed E-state index contributed by atoms with van der Waals surface area (Å²) in [5, 5.41) is 14.4. The maximum atomic E-state index is 9.93. The second kappa shape index (κ2) is 8.08. The number of aliphatic hydroxyl groups excluding tert-OH is 1. The molecule has 0 amide bonds. The fourth-order valence-electron chi connectivity index (χ4n) is 2.45. The summed E-state index contributed by atoms with van der Waals surface area (Å²) in [6.45, 7) is 0.775. The van der Waals surface area contributed by atoms with Crippen molar-refractivity contribution in [2.24, 2.45) is 0 Å². The van der Waals surface area contributed by atoms with Crippen LogP contribution in [0.25, 0.3) is 0 Å². The lowest BCUT2D eigenvalue weighted by atomic mass is 9.95.